The lowest BCUT2D eigenvalue weighted by Gasteiger charge is -1.95. The lowest BCUT2D eigenvalue weighted by atomic mass is 10.3. The molecule has 1 heterocycles. The molecule has 0 saturated carbocycles. The fraction of sp³-hybridized carbons (Fsp3) is 0.273. The van der Waals surface area contributed by atoms with E-state index >= 15 is 0 Å². The number of hydrogen-bond acceptors (Lipinski definition) is 4. The quantitative estimate of drug-likeness (QED) is 0.404. The molecule has 0 saturated heterocycles. The summed E-state index contributed by atoms with van der Waals surface area (Å²) in [4.78, 5) is 8.74. The summed E-state index contributed by atoms with van der Waals surface area (Å²) in [5.74, 6) is 1.71. The van der Waals surface area contributed by atoms with E-state index in [0.29, 0.717) is 5.84 Å². The number of benzene rings is 1. The highest BCUT2D eigenvalue weighted by Crippen LogP contribution is 2.31. The van der Waals surface area contributed by atoms with Crippen LogP contribution < -0.4 is 5.73 Å². The number of rotatable bonds is 4. The van der Waals surface area contributed by atoms with Crippen LogP contribution in [0.2, 0.25) is 0 Å². The van der Waals surface area contributed by atoms with Crippen molar-refractivity contribution in [2.24, 2.45) is 10.7 Å². The molecule has 0 unspecified atom stereocenters. The van der Waals surface area contributed by atoms with Gasteiger partial charge in [-0.15, -0.1) is 22.9 Å². The Kier molecular flexibility index (Phi) is 4.25. The number of aromatic nitrogens is 1. The summed E-state index contributed by atoms with van der Waals surface area (Å²) in [6.45, 7) is 2.12. The van der Waals surface area contributed by atoms with E-state index in [4.69, 9.17) is 17.3 Å². The van der Waals surface area contributed by atoms with Gasteiger partial charge in [0, 0.05) is 0 Å². The Balaban J connectivity index is 2.36. The molecule has 2 aromatic rings. The van der Waals surface area contributed by atoms with Gasteiger partial charge in [-0.3, -0.25) is 0 Å². The SMILES string of the molecule is CCSc1nc2ccc(N=C(N)CCl)cc2s1. The maximum absolute atomic E-state index is 5.60. The van der Waals surface area contributed by atoms with Crippen molar-refractivity contribution < 1.29 is 0 Å². The second-order valence-electron chi connectivity index (χ2n) is 3.30. The first-order valence-electron chi connectivity index (χ1n) is 5.15. The number of alkyl halides is 1. The summed E-state index contributed by atoms with van der Waals surface area (Å²) in [6, 6.07) is 5.86. The van der Waals surface area contributed by atoms with Crippen LogP contribution in [0, 0.1) is 0 Å². The highest BCUT2D eigenvalue weighted by molar-refractivity contribution is 8.01. The number of halogens is 1. The zero-order chi connectivity index (χ0) is 12.3. The van der Waals surface area contributed by atoms with Gasteiger partial charge >= 0.3 is 0 Å². The topological polar surface area (TPSA) is 51.3 Å². The number of nitrogens with zero attached hydrogens (tertiary/aromatic N) is 2. The molecule has 90 valence electrons. The molecule has 2 N–H and O–H groups in total. The summed E-state index contributed by atoms with van der Waals surface area (Å²) in [6.07, 6.45) is 0. The number of amidine groups is 1. The molecule has 1 aromatic heterocycles. The number of hydrogen-bond donors (Lipinski definition) is 1. The molecule has 1 aromatic carbocycles. The van der Waals surface area contributed by atoms with Crippen molar-refractivity contribution in [2.75, 3.05) is 11.6 Å². The molecule has 0 fully saturated rings. The molecule has 0 aliphatic heterocycles. The van der Waals surface area contributed by atoms with E-state index in [1.165, 1.54) is 0 Å². The second kappa shape index (κ2) is 5.71. The Labute approximate surface area is 113 Å². The van der Waals surface area contributed by atoms with E-state index in [0.717, 1.165) is 26.0 Å². The monoisotopic (exact) mass is 285 g/mol. The third-order valence-electron chi connectivity index (χ3n) is 2.03. The lowest BCUT2D eigenvalue weighted by Crippen LogP contribution is -2.12. The van der Waals surface area contributed by atoms with Crippen molar-refractivity contribution in [3.8, 4) is 0 Å². The molecule has 0 radical (unpaired) electrons. The van der Waals surface area contributed by atoms with Crippen molar-refractivity contribution in [2.45, 2.75) is 11.3 Å². The zero-order valence-electron chi connectivity index (χ0n) is 9.31. The smallest absolute Gasteiger partial charge is 0.151 e. The Bertz CT molecular complexity index is 551. The van der Waals surface area contributed by atoms with Crippen LogP contribution in [-0.2, 0) is 0 Å². The largest absolute Gasteiger partial charge is 0.386 e. The molecule has 0 amide bonds. The minimum Gasteiger partial charge on any atom is -0.386 e. The van der Waals surface area contributed by atoms with Gasteiger partial charge in [0.05, 0.1) is 21.8 Å². The Morgan fingerprint density at radius 3 is 3.12 bits per heavy atom. The van der Waals surface area contributed by atoms with Crippen LogP contribution in [-0.4, -0.2) is 22.5 Å². The minimum atomic E-state index is 0.248. The number of thiazole rings is 1. The summed E-state index contributed by atoms with van der Waals surface area (Å²) in [7, 11) is 0. The Hall–Kier alpha value is -0.780. The number of aliphatic imine (C=N–C) groups is 1. The molecular formula is C11H12ClN3S2. The van der Waals surface area contributed by atoms with Crippen LogP contribution in [0.4, 0.5) is 5.69 Å². The average molecular weight is 286 g/mol. The maximum Gasteiger partial charge on any atom is 0.151 e. The third-order valence-corrected chi connectivity index (χ3v) is 4.35. The van der Waals surface area contributed by atoms with Gasteiger partial charge in [-0.05, 0) is 24.0 Å². The Morgan fingerprint density at radius 2 is 2.41 bits per heavy atom. The van der Waals surface area contributed by atoms with Crippen LogP contribution in [0.25, 0.3) is 10.2 Å². The summed E-state index contributed by atoms with van der Waals surface area (Å²) in [5.41, 5.74) is 7.44. The number of thioether (sulfide) groups is 1. The van der Waals surface area contributed by atoms with E-state index in [-0.39, 0.29) is 5.88 Å². The highest BCUT2D eigenvalue weighted by atomic mass is 35.5. The molecular weight excluding hydrogens is 274 g/mol. The molecule has 0 aliphatic carbocycles. The normalized spacial score (nSPS) is 12.2. The second-order valence-corrected chi connectivity index (χ2v) is 6.11. The molecule has 3 nitrogen and oxygen atoms in total. The molecule has 0 spiro atoms. The van der Waals surface area contributed by atoms with Gasteiger partial charge in [-0.25, -0.2) is 9.98 Å². The zero-order valence-corrected chi connectivity index (χ0v) is 11.7. The molecule has 6 heteroatoms. The van der Waals surface area contributed by atoms with Crippen molar-refractivity contribution in [1.82, 2.24) is 4.98 Å². The summed E-state index contributed by atoms with van der Waals surface area (Å²) >= 11 is 9.03. The fourth-order valence-corrected chi connectivity index (χ4v) is 3.40. The number of nitrogens with two attached hydrogens (primary N) is 1. The van der Waals surface area contributed by atoms with Crippen LogP contribution in [0.3, 0.4) is 0 Å². The van der Waals surface area contributed by atoms with Crippen LogP contribution in [0.5, 0.6) is 0 Å². The third kappa shape index (κ3) is 3.12. The van der Waals surface area contributed by atoms with Gasteiger partial charge in [-0.1, -0.05) is 18.7 Å². The molecule has 0 bridgehead atoms. The average Bonchev–Trinajstić information content (AvgIpc) is 2.71. The van der Waals surface area contributed by atoms with Gasteiger partial charge in [0.1, 0.15) is 5.84 Å². The fourth-order valence-electron chi connectivity index (χ4n) is 1.34. The van der Waals surface area contributed by atoms with Crippen molar-refractivity contribution >= 4 is 56.4 Å². The minimum absolute atomic E-state index is 0.248. The van der Waals surface area contributed by atoms with E-state index in [1.54, 1.807) is 23.1 Å². The van der Waals surface area contributed by atoms with E-state index in [1.807, 2.05) is 18.2 Å². The summed E-state index contributed by atoms with van der Waals surface area (Å²) < 4.78 is 2.22. The molecule has 2 rings (SSSR count). The lowest BCUT2D eigenvalue weighted by molar-refractivity contribution is 1.30. The van der Waals surface area contributed by atoms with Gasteiger partial charge in [-0.2, -0.15) is 0 Å². The van der Waals surface area contributed by atoms with Crippen molar-refractivity contribution in [1.29, 1.82) is 0 Å². The van der Waals surface area contributed by atoms with Crippen molar-refractivity contribution in [3.63, 3.8) is 0 Å². The van der Waals surface area contributed by atoms with Crippen LogP contribution in [0.1, 0.15) is 6.92 Å². The summed E-state index contributed by atoms with van der Waals surface area (Å²) in [5, 5.41) is 0. The van der Waals surface area contributed by atoms with Gasteiger partial charge < -0.3 is 5.73 Å². The van der Waals surface area contributed by atoms with Crippen molar-refractivity contribution in [3.05, 3.63) is 18.2 Å². The van der Waals surface area contributed by atoms with Crippen LogP contribution >= 0.6 is 34.7 Å². The van der Waals surface area contributed by atoms with Crippen LogP contribution in [0.15, 0.2) is 27.5 Å². The first kappa shape index (κ1) is 12.7. The standard InChI is InChI=1S/C11H12ClN3S2/c1-2-16-11-15-8-4-3-7(5-9(8)17-11)14-10(13)6-12/h3-5H,2,6H2,1H3,(H2,13,14). The maximum atomic E-state index is 5.60. The van der Waals surface area contributed by atoms with Gasteiger partial charge in [0.25, 0.3) is 0 Å². The van der Waals surface area contributed by atoms with E-state index in [9.17, 15) is 0 Å². The first-order valence-corrected chi connectivity index (χ1v) is 7.49. The van der Waals surface area contributed by atoms with Gasteiger partial charge in [0.2, 0.25) is 0 Å². The predicted molar refractivity (Wildman–Crippen MR) is 78.0 cm³/mol. The highest BCUT2D eigenvalue weighted by Gasteiger charge is 2.04. The molecule has 17 heavy (non-hydrogen) atoms. The van der Waals surface area contributed by atoms with E-state index < -0.39 is 0 Å². The van der Waals surface area contributed by atoms with Gasteiger partial charge in [0.15, 0.2) is 4.34 Å². The number of fused-ring (bicyclic) bond motifs is 1. The Morgan fingerprint density at radius 1 is 1.59 bits per heavy atom. The van der Waals surface area contributed by atoms with E-state index in [2.05, 4.69) is 16.9 Å². The molecule has 0 atom stereocenters. The predicted octanol–water partition coefficient (Wildman–Crippen LogP) is 3.64. The first-order chi connectivity index (χ1) is 8.22. The molecule has 0 aliphatic rings.